The lowest BCUT2D eigenvalue weighted by Crippen LogP contribution is -2.49. The Kier molecular flexibility index (Phi) is 7.24. The van der Waals surface area contributed by atoms with Crippen molar-refractivity contribution in [1.82, 2.24) is 14.4 Å². The summed E-state index contributed by atoms with van der Waals surface area (Å²) in [6.45, 7) is 6.06. The molecular weight excluding hydrogens is 422 g/mol. The van der Waals surface area contributed by atoms with Gasteiger partial charge in [0.05, 0.1) is 6.61 Å². The standard InChI is InChI=1S/C24H35N3O3.CH2O2/c1-24(8-9-24)7-6-22(29)26-12-17-11-19(15-26)21-5-4-18(23(30)27(21)13-17)14-25-10-2-3-20(25)16-28;2-1-3/h4-5,17,19-20,28H,2-3,6-16H2,1H3;1H,(H,2,3)/t17-,19+,20+;/m0./s1. The number of hydrogen-bond donors (Lipinski definition) is 2. The van der Waals surface area contributed by atoms with Crippen LogP contribution in [0.2, 0.25) is 0 Å². The van der Waals surface area contributed by atoms with Crippen LogP contribution >= 0.6 is 0 Å². The molecule has 2 N–H and O–H groups in total. The Labute approximate surface area is 195 Å². The maximum absolute atomic E-state index is 13.3. The van der Waals surface area contributed by atoms with Crippen molar-refractivity contribution in [3.8, 4) is 0 Å². The molecule has 1 amide bonds. The van der Waals surface area contributed by atoms with Gasteiger partial charge >= 0.3 is 0 Å². The van der Waals surface area contributed by atoms with Crippen LogP contribution in [-0.2, 0) is 22.7 Å². The van der Waals surface area contributed by atoms with E-state index in [-0.39, 0.29) is 30.6 Å². The first-order valence-electron chi connectivity index (χ1n) is 12.3. The Morgan fingerprint density at radius 3 is 2.70 bits per heavy atom. The van der Waals surface area contributed by atoms with Crippen LogP contribution in [0, 0.1) is 11.3 Å². The minimum absolute atomic E-state index is 0.132. The second kappa shape index (κ2) is 9.97. The molecule has 8 heteroatoms. The Morgan fingerprint density at radius 2 is 2.00 bits per heavy atom. The summed E-state index contributed by atoms with van der Waals surface area (Å²) >= 11 is 0. The van der Waals surface area contributed by atoms with Crippen LogP contribution in [0.25, 0.3) is 0 Å². The fraction of sp³-hybridized carbons (Fsp3) is 0.720. The van der Waals surface area contributed by atoms with Gasteiger partial charge in [0, 0.05) is 55.8 Å². The largest absolute Gasteiger partial charge is 0.483 e. The summed E-state index contributed by atoms with van der Waals surface area (Å²) in [7, 11) is 0. The van der Waals surface area contributed by atoms with Crippen LogP contribution < -0.4 is 5.56 Å². The quantitative estimate of drug-likeness (QED) is 0.631. The fourth-order valence-corrected chi connectivity index (χ4v) is 5.87. The highest BCUT2D eigenvalue weighted by Gasteiger charge is 2.40. The molecule has 3 fully saturated rings. The fourth-order valence-electron chi connectivity index (χ4n) is 5.87. The average molecular weight is 460 g/mol. The molecule has 2 bridgehead atoms. The lowest BCUT2D eigenvalue weighted by Gasteiger charge is -2.43. The van der Waals surface area contributed by atoms with Crippen molar-refractivity contribution < 1.29 is 19.8 Å². The first-order valence-corrected chi connectivity index (χ1v) is 12.3. The molecule has 1 aliphatic carbocycles. The summed E-state index contributed by atoms with van der Waals surface area (Å²) in [5.41, 5.74) is 2.49. The molecule has 4 aliphatic rings. The van der Waals surface area contributed by atoms with E-state index >= 15 is 0 Å². The van der Waals surface area contributed by atoms with Crippen molar-refractivity contribution in [2.75, 3.05) is 26.2 Å². The van der Waals surface area contributed by atoms with Crippen molar-refractivity contribution in [2.24, 2.45) is 11.3 Å². The number of aromatic nitrogens is 1. The first kappa shape index (κ1) is 24.0. The number of carboxylic acid groups (broad SMARTS) is 1. The van der Waals surface area contributed by atoms with E-state index in [1.807, 2.05) is 10.6 Å². The number of hydrogen-bond acceptors (Lipinski definition) is 5. The summed E-state index contributed by atoms with van der Waals surface area (Å²) in [5.74, 6) is 0.952. The van der Waals surface area contributed by atoms with Crippen LogP contribution in [0.3, 0.4) is 0 Å². The zero-order valence-corrected chi connectivity index (χ0v) is 19.6. The van der Waals surface area contributed by atoms with Crippen LogP contribution in [0.1, 0.15) is 69.0 Å². The van der Waals surface area contributed by atoms with E-state index in [4.69, 9.17) is 9.90 Å². The smallest absolute Gasteiger partial charge is 0.290 e. The van der Waals surface area contributed by atoms with E-state index in [0.717, 1.165) is 63.1 Å². The average Bonchev–Trinajstić information content (AvgIpc) is 3.37. The number of likely N-dealkylation sites (tertiary alicyclic amines) is 2. The Balaban J connectivity index is 0.000000821. The zero-order valence-electron chi connectivity index (χ0n) is 19.6. The van der Waals surface area contributed by atoms with Crippen molar-refractivity contribution >= 4 is 12.4 Å². The van der Waals surface area contributed by atoms with Gasteiger partial charge in [-0.1, -0.05) is 13.0 Å². The van der Waals surface area contributed by atoms with Crippen LogP contribution in [0.5, 0.6) is 0 Å². The summed E-state index contributed by atoms with van der Waals surface area (Å²) in [6.07, 6.45) is 7.40. The molecule has 8 nitrogen and oxygen atoms in total. The number of aliphatic hydroxyl groups excluding tert-OH is 1. The summed E-state index contributed by atoms with van der Waals surface area (Å²) in [6, 6.07) is 4.30. The predicted octanol–water partition coefficient (Wildman–Crippen LogP) is 2.03. The molecule has 5 rings (SSSR count). The third kappa shape index (κ3) is 5.32. The predicted molar refractivity (Wildman–Crippen MR) is 124 cm³/mol. The maximum atomic E-state index is 13.3. The van der Waals surface area contributed by atoms with Gasteiger partial charge in [-0.3, -0.25) is 19.3 Å². The highest BCUT2D eigenvalue weighted by molar-refractivity contribution is 5.76. The number of carbonyl (C=O) groups is 2. The molecule has 4 heterocycles. The highest BCUT2D eigenvalue weighted by atomic mass is 16.3. The van der Waals surface area contributed by atoms with Crippen LogP contribution in [-0.4, -0.2) is 69.2 Å². The molecular formula is C25H37N3O5. The topological polar surface area (TPSA) is 103 Å². The number of aliphatic hydroxyl groups is 1. The van der Waals surface area contributed by atoms with Crippen molar-refractivity contribution in [2.45, 2.75) is 76.9 Å². The van der Waals surface area contributed by atoms with Gasteiger partial charge in [-0.05, 0) is 62.5 Å². The van der Waals surface area contributed by atoms with Gasteiger partial charge < -0.3 is 19.7 Å². The molecule has 3 aliphatic heterocycles. The minimum Gasteiger partial charge on any atom is -0.483 e. The summed E-state index contributed by atoms with van der Waals surface area (Å²) < 4.78 is 1.99. The molecule has 0 spiro atoms. The van der Waals surface area contributed by atoms with Gasteiger partial charge in [0.1, 0.15) is 0 Å². The molecule has 1 aromatic heterocycles. The number of fused-ring (bicyclic) bond motifs is 4. The van der Waals surface area contributed by atoms with E-state index in [2.05, 4.69) is 22.8 Å². The normalized spacial score (nSPS) is 27.3. The van der Waals surface area contributed by atoms with Crippen molar-refractivity contribution in [1.29, 1.82) is 0 Å². The van der Waals surface area contributed by atoms with Crippen LogP contribution in [0.15, 0.2) is 16.9 Å². The van der Waals surface area contributed by atoms with Gasteiger partial charge in [0.15, 0.2) is 0 Å². The number of rotatable bonds is 6. The summed E-state index contributed by atoms with van der Waals surface area (Å²) in [4.78, 5) is 38.8. The third-order valence-electron chi connectivity index (χ3n) is 8.16. The summed E-state index contributed by atoms with van der Waals surface area (Å²) in [5, 5.41) is 16.5. The Hall–Kier alpha value is -2.19. The van der Waals surface area contributed by atoms with Crippen molar-refractivity contribution in [3.63, 3.8) is 0 Å². The maximum Gasteiger partial charge on any atom is 0.290 e. The first-order chi connectivity index (χ1) is 15.9. The second-order valence-corrected chi connectivity index (χ2v) is 10.7. The molecule has 182 valence electrons. The third-order valence-corrected chi connectivity index (χ3v) is 8.16. The Morgan fingerprint density at radius 1 is 1.24 bits per heavy atom. The van der Waals surface area contributed by atoms with Gasteiger partial charge in [0.25, 0.3) is 12.0 Å². The number of piperidine rings is 1. The van der Waals surface area contributed by atoms with E-state index < -0.39 is 0 Å². The monoisotopic (exact) mass is 459 g/mol. The molecule has 33 heavy (non-hydrogen) atoms. The minimum atomic E-state index is -0.250. The Bertz CT molecular complexity index is 925. The molecule has 0 unspecified atom stereocenters. The molecule has 0 aromatic carbocycles. The number of amides is 1. The molecule has 0 radical (unpaired) electrons. The molecule has 2 saturated heterocycles. The van der Waals surface area contributed by atoms with Crippen LogP contribution in [0.4, 0.5) is 0 Å². The molecule has 3 atom stereocenters. The molecule has 1 aromatic rings. The number of carbonyl (C=O) groups excluding carboxylic acids is 1. The lowest BCUT2D eigenvalue weighted by molar-refractivity contribution is -0.134. The van der Waals surface area contributed by atoms with E-state index in [1.54, 1.807) is 0 Å². The molecule has 1 saturated carbocycles. The van der Waals surface area contributed by atoms with Crippen molar-refractivity contribution in [3.05, 3.63) is 33.7 Å². The van der Waals surface area contributed by atoms with E-state index in [9.17, 15) is 14.7 Å². The second-order valence-electron chi connectivity index (χ2n) is 10.7. The number of pyridine rings is 1. The number of nitrogens with zero attached hydrogens (tertiary/aromatic N) is 3. The van der Waals surface area contributed by atoms with Gasteiger partial charge in [-0.25, -0.2) is 0 Å². The zero-order chi connectivity index (χ0) is 23.6. The van der Waals surface area contributed by atoms with Gasteiger partial charge in [0.2, 0.25) is 5.91 Å². The SMILES string of the molecule is CC1(CCC(=O)N2C[C@@H]3C[C@H](C2)c2ccc(CN4CCC[C@@H]4CO)c(=O)n2C3)CC1.O=CO. The van der Waals surface area contributed by atoms with Gasteiger partial charge in [-0.15, -0.1) is 0 Å². The highest BCUT2D eigenvalue weighted by Crippen LogP contribution is 2.49. The van der Waals surface area contributed by atoms with E-state index in [1.165, 1.54) is 12.8 Å². The van der Waals surface area contributed by atoms with E-state index in [0.29, 0.717) is 30.2 Å². The lowest BCUT2D eigenvalue weighted by atomic mass is 9.82. The van der Waals surface area contributed by atoms with Gasteiger partial charge in [-0.2, -0.15) is 0 Å².